The zero-order valence-corrected chi connectivity index (χ0v) is 10.6. The summed E-state index contributed by atoms with van der Waals surface area (Å²) in [5, 5.41) is 2.15. The predicted molar refractivity (Wildman–Crippen MR) is 64.5 cm³/mol. The Morgan fingerprint density at radius 2 is 2.00 bits per heavy atom. The van der Waals surface area contributed by atoms with Crippen molar-refractivity contribution in [2.24, 2.45) is 11.5 Å². The molecule has 0 aliphatic heterocycles. The molecule has 5 nitrogen and oxygen atoms in total. The summed E-state index contributed by atoms with van der Waals surface area (Å²) in [7, 11) is 0. The van der Waals surface area contributed by atoms with Gasteiger partial charge in [-0.25, -0.2) is 8.78 Å². The molecule has 0 aliphatic rings. The van der Waals surface area contributed by atoms with Gasteiger partial charge in [-0.05, 0) is 22.0 Å². The first kappa shape index (κ1) is 14.5. The molecule has 2 amide bonds. The molecule has 1 atom stereocenters. The van der Waals surface area contributed by atoms with Gasteiger partial charge in [0.1, 0.15) is 5.82 Å². The van der Waals surface area contributed by atoms with Gasteiger partial charge in [0.15, 0.2) is 5.82 Å². The predicted octanol–water partition coefficient (Wildman–Crippen LogP) is 0.868. The lowest BCUT2D eigenvalue weighted by Crippen LogP contribution is -2.39. The minimum atomic E-state index is -1.20. The number of hydrogen-bond acceptors (Lipinski definition) is 3. The van der Waals surface area contributed by atoms with Crippen LogP contribution in [0.1, 0.15) is 6.42 Å². The van der Waals surface area contributed by atoms with Crippen molar-refractivity contribution >= 4 is 33.4 Å². The maximum atomic E-state index is 13.4. The number of rotatable bonds is 4. The molecule has 0 saturated carbocycles. The molecular weight excluding hydrogens is 312 g/mol. The van der Waals surface area contributed by atoms with Gasteiger partial charge in [-0.15, -0.1) is 0 Å². The molecule has 18 heavy (non-hydrogen) atoms. The fraction of sp³-hybridized carbons (Fsp3) is 0.200. The Morgan fingerprint density at radius 3 is 2.50 bits per heavy atom. The summed E-state index contributed by atoms with van der Waals surface area (Å²) in [5.41, 5.74) is 9.99. The van der Waals surface area contributed by atoms with E-state index >= 15 is 0 Å². The zero-order valence-electron chi connectivity index (χ0n) is 9.04. The van der Waals surface area contributed by atoms with E-state index in [2.05, 4.69) is 21.2 Å². The number of nitrogens with one attached hydrogen (secondary N) is 1. The molecule has 0 spiro atoms. The molecule has 0 fully saturated rings. The average molecular weight is 322 g/mol. The maximum Gasteiger partial charge on any atom is 0.241 e. The molecule has 0 aliphatic carbocycles. The highest BCUT2D eigenvalue weighted by Gasteiger charge is 2.19. The van der Waals surface area contributed by atoms with E-state index in [9.17, 15) is 18.4 Å². The molecule has 0 bridgehead atoms. The van der Waals surface area contributed by atoms with Gasteiger partial charge in [-0.2, -0.15) is 0 Å². The van der Waals surface area contributed by atoms with Crippen LogP contribution < -0.4 is 16.8 Å². The van der Waals surface area contributed by atoms with Gasteiger partial charge in [-0.1, -0.05) is 0 Å². The quantitative estimate of drug-likeness (QED) is 0.767. The highest BCUT2D eigenvalue weighted by Crippen LogP contribution is 2.26. The summed E-state index contributed by atoms with van der Waals surface area (Å²) >= 11 is 2.90. The van der Waals surface area contributed by atoms with Gasteiger partial charge in [0.05, 0.1) is 18.2 Å². The first-order valence-electron chi connectivity index (χ1n) is 4.80. The van der Waals surface area contributed by atoms with Crippen LogP contribution >= 0.6 is 15.9 Å². The van der Waals surface area contributed by atoms with Crippen molar-refractivity contribution in [1.82, 2.24) is 0 Å². The van der Waals surface area contributed by atoms with Crippen LogP contribution in [0.4, 0.5) is 14.5 Å². The minimum Gasteiger partial charge on any atom is -0.370 e. The topological polar surface area (TPSA) is 98.2 Å². The van der Waals surface area contributed by atoms with Crippen LogP contribution in [0.15, 0.2) is 16.6 Å². The van der Waals surface area contributed by atoms with E-state index in [1.807, 2.05) is 0 Å². The van der Waals surface area contributed by atoms with Crippen LogP contribution in [0, 0.1) is 11.6 Å². The molecule has 1 aromatic rings. The van der Waals surface area contributed by atoms with E-state index in [0.29, 0.717) is 6.07 Å². The second-order valence-electron chi connectivity index (χ2n) is 3.51. The SMILES string of the molecule is NC(=O)CC(N)C(=O)Nc1c(F)cc(F)cc1Br. The number of hydrogen-bond donors (Lipinski definition) is 3. The van der Waals surface area contributed by atoms with Crippen LogP contribution in [-0.4, -0.2) is 17.9 Å². The van der Waals surface area contributed by atoms with Gasteiger partial charge in [0, 0.05) is 10.5 Å². The molecule has 1 aromatic carbocycles. The molecule has 5 N–H and O–H groups in total. The zero-order chi connectivity index (χ0) is 13.9. The summed E-state index contributed by atoms with van der Waals surface area (Å²) in [4.78, 5) is 22.1. The standard InChI is InChI=1S/C10H10BrF2N3O2/c11-5-1-4(12)2-6(13)9(5)16-10(18)7(14)3-8(15)17/h1-2,7H,3,14H2,(H2,15,17)(H,16,18). The Bertz CT molecular complexity index is 473. The van der Waals surface area contributed by atoms with E-state index < -0.39 is 29.5 Å². The molecular formula is C10H10BrF2N3O2. The Morgan fingerprint density at radius 1 is 1.39 bits per heavy atom. The average Bonchev–Trinajstić information content (AvgIpc) is 2.21. The van der Waals surface area contributed by atoms with E-state index in [1.165, 1.54) is 0 Å². The van der Waals surface area contributed by atoms with Crippen molar-refractivity contribution in [2.75, 3.05) is 5.32 Å². The Labute approximate surface area is 110 Å². The van der Waals surface area contributed by atoms with Crippen molar-refractivity contribution in [3.63, 3.8) is 0 Å². The molecule has 1 rings (SSSR count). The summed E-state index contributed by atoms with van der Waals surface area (Å²) in [5.74, 6) is -3.29. The van der Waals surface area contributed by atoms with Gasteiger partial charge < -0.3 is 16.8 Å². The first-order valence-corrected chi connectivity index (χ1v) is 5.60. The van der Waals surface area contributed by atoms with Crippen LogP contribution in [0.3, 0.4) is 0 Å². The summed E-state index contributed by atoms with van der Waals surface area (Å²) in [6.45, 7) is 0. The number of primary amides is 1. The summed E-state index contributed by atoms with van der Waals surface area (Å²) < 4.78 is 26.2. The third kappa shape index (κ3) is 3.74. The highest BCUT2D eigenvalue weighted by atomic mass is 79.9. The fourth-order valence-corrected chi connectivity index (χ4v) is 1.69. The van der Waals surface area contributed by atoms with E-state index in [1.54, 1.807) is 0 Å². The minimum absolute atomic E-state index is 0.0274. The van der Waals surface area contributed by atoms with Crippen molar-refractivity contribution in [2.45, 2.75) is 12.5 Å². The molecule has 1 unspecified atom stereocenters. The van der Waals surface area contributed by atoms with E-state index in [-0.39, 0.29) is 16.6 Å². The highest BCUT2D eigenvalue weighted by molar-refractivity contribution is 9.10. The normalized spacial score (nSPS) is 12.0. The lowest BCUT2D eigenvalue weighted by molar-refractivity contribution is -0.123. The monoisotopic (exact) mass is 321 g/mol. The number of benzene rings is 1. The number of halogens is 3. The second-order valence-corrected chi connectivity index (χ2v) is 4.36. The third-order valence-corrected chi connectivity index (χ3v) is 2.64. The van der Waals surface area contributed by atoms with Crippen molar-refractivity contribution in [3.05, 3.63) is 28.2 Å². The largest absolute Gasteiger partial charge is 0.370 e. The molecule has 8 heteroatoms. The number of carbonyl (C=O) groups excluding carboxylic acids is 2. The van der Waals surface area contributed by atoms with Crippen LogP contribution in [0.25, 0.3) is 0 Å². The van der Waals surface area contributed by atoms with Crippen LogP contribution in [0.2, 0.25) is 0 Å². The lowest BCUT2D eigenvalue weighted by atomic mass is 10.2. The fourth-order valence-electron chi connectivity index (χ4n) is 1.19. The Kier molecular flexibility index (Phi) is 4.74. The van der Waals surface area contributed by atoms with E-state index in [4.69, 9.17) is 11.5 Å². The van der Waals surface area contributed by atoms with Crippen LogP contribution in [0.5, 0.6) is 0 Å². The molecule has 0 saturated heterocycles. The number of carbonyl (C=O) groups is 2. The van der Waals surface area contributed by atoms with Crippen molar-refractivity contribution < 1.29 is 18.4 Å². The summed E-state index contributed by atoms with van der Waals surface area (Å²) in [6.07, 6.45) is -0.369. The molecule has 0 radical (unpaired) electrons. The first-order chi connectivity index (χ1) is 8.31. The molecule has 0 heterocycles. The number of amides is 2. The van der Waals surface area contributed by atoms with Gasteiger partial charge in [0.25, 0.3) is 0 Å². The molecule has 0 aromatic heterocycles. The van der Waals surface area contributed by atoms with Gasteiger partial charge >= 0.3 is 0 Å². The summed E-state index contributed by atoms with van der Waals surface area (Å²) in [6, 6.07) is 0.400. The second kappa shape index (κ2) is 5.87. The molecule has 98 valence electrons. The smallest absolute Gasteiger partial charge is 0.241 e. The van der Waals surface area contributed by atoms with Crippen LogP contribution in [-0.2, 0) is 9.59 Å². The Balaban J connectivity index is 2.85. The maximum absolute atomic E-state index is 13.4. The van der Waals surface area contributed by atoms with Gasteiger partial charge in [-0.3, -0.25) is 9.59 Å². The van der Waals surface area contributed by atoms with Gasteiger partial charge in [0.2, 0.25) is 11.8 Å². The lowest BCUT2D eigenvalue weighted by Gasteiger charge is -2.12. The Hall–Kier alpha value is -1.54. The number of nitrogens with two attached hydrogens (primary N) is 2. The third-order valence-electron chi connectivity index (χ3n) is 2.01. The number of anilines is 1. The van der Waals surface area contributed by atoms with Crippen molar-refractivity contribution in [3.8, 4) is 0 Å². The van der Waals surface area contributed by atoms with Crippen molar-refractivity contribution in [1.29, 1.82) is 0 Å². The van der Waals surface area contributed by atoms with E-state index in [0.717, 1.165) is 6.07 Å².